The molecule has 0 radical (unpaired) electrons. The summed E-state index contributed by atoms with van der Waals surface area (Å²) in [5.41, 5.74) is 0.968. The molecule has 0 saturated carbocycles. The molecule has 0 aliphatic heterocycles. The van der Waals surface area contributed by atoms with E-state index in [0.29, 0.717) is 28.8 Å². The van der Waals surface area contributed by atoms with Crippen molar-refractivity contribution in [2.75, 3.05) is 26.3 Å². The largest absolute Gasteiger partial charge is 0.492 e. The van der Waals surface area contributed by atoms with E-state index in [1.165, 1.54) is 15.9 Å². The number of hydrogen-bond acceptors (Lipinski definition) is 7. The van der Waals surface area contributed by atoms with Crippen LogP contribution in [0, 0.1) is 6.92 Å². The summed E-state index contributed by atoms with van der Waals surface area (Å²) in [6, 6.07) is 9.42. The van der Waals surface area contributed by atoms with Crippen LogP contribution in [0.15, 0.2) is 30.3 Å². The van der Waals surface area contributed by atoms with Gasteiger partial charge in [-0.25, -0.2) is 4.98 Å². The van der Waals surface area contributed by atoms with Crippen molar-refractivity contribution in [2.45, 2.75) is 13.0 Å². The molecule has 128 valence electrons. The van der Waals surface area contributed by atoms with Crippen LogP contribution in [0.1, 0.15) is 22.3 Å². The summed E-state index contributed by atoms with van der Waals surface area (Å²) in [6.07, 6.45) is 0. The molecule has 8 heteroatoms. The molecule has 0 fully saturated rings. The van der Waals surface area contributed by atoms with Crippen molar-refractivity contribution in [3.8, 4) is 5.88 Å². The molecule has 1 unspecified atom stereocenters. The summed E-state index contributed by atoms with van der Waals surface area (Å²) >= 11 is 1.36. The van der Waals surface area contributed by atoms with E-state index in [1.807, 2.05) is 35.2 Å². The minimum atomic E-state index is -0.292. The number of rotatable bonds is 7. The van der Waals surface area contributed by atoms with Crippen LogP contribution in [-0.2, 0) is 0 Å². The molecular weight excluding hydrogens is 328 g/mol. The predicted molar refractivity (Wildman–Crippen MR) is 91.3 cm³/mol. The van der Waals surface area contributed by atoms with Gasteiger partial charge in [0.2, 0.25) is 10.8 Å². The summed E-state index contributed by atoms with van der Waals surface area (Å²) in [4.78, 5) is 7.56. The lowest BCUT2D eigenvalue weighted by Crippen LogP contribution is -2.34. The van der Waals surface area contributed by atoms with Crippen molar-refractivity contribution in [1.82, 2.24) is 19.5 Å². The second-order valence-electron chi connectivity index (χ2n) is 5.44. The van der Waals surface area contributed by atoms with Crippen LogP contribution < -0.4 is 0 Å². The van der Waals surface area contributed by atoms with E-state index < -0.39 is 0 Å². The van der Waals surface area contributed by atoms with Gasteiger partial charge < -0.3 is 15.3 Å². The Morgan fingerprint density at radius 3 is 2.42 bits per heavy atom. The summed E-state index contributed by atoms with van der Waals surface area (Å²) in [6.45, 7) is 2.46. The van der Waals surface area contributed by atoms with Crippen LogP contribution in [0.5, 0.6) is 5.88 Å². The van der Waals surface area contributed by atoms with E-state index in [4.69, 9.17) is 0 Å². The summed E-state index contributed by atoms with van der Waals surface area (Å²) < 4.78 is 1.43. The Kier molecular flexibility index (Phi) is 5.10. The zero-order valence-electron chi connectivity index (χ0n) is 13.3. The monoisotopic (exact) mass is 348 g/mol. The first-order valence-corrected chi connectivity index (χ1v) is 8.53. The summed E-state index contributed by atoms with van der Waals surface area (Å²) in [5, 5.41) is 33.6. The van der Waals surface area contributed by atoms with Gasteiger partial charge in [0.15, 0.2) is 0 Å². The molecule has 7 nitrogen and oxygen atoms in total. The van der Waals surface area contributed by atoms with E-state index in [9.17, 15) is 15.3 Å². The van der Waals surface area contributed by atoms with Crippen LogP contribution in [0.25, 0.3) is 4.96 Å². The van der Waals surface area contributed by atoms with E-state index >= 15 is 0 Å². The fourth-order valence-electron chi connectivity index (χ4n) is 2.82. The lowest BCUT2D eigenvalue weighted by molar-refractivity contribution is 0.136. The number of aliphatic hydroxyl groups excluding tert-OH is 2. The second kappa shape index (κ2) is 7.27. The van der Waals surface area contributed by atoms with Crippen LogP contribution in [0.3, 0.4) is 0 Å². The van der Waals surface area contributed by atoms with Crippen molar-refractivity contribution < 1.29 is 15.3 Å². The van der Waals surface area contributed by atoms with Gasteiger partial charge in [-0.3, -0.25) is 4.90 Å². The molecule has 1 aromatic carbocycles. The molecule has 0 amide bonds. The minimum Gasteiger partial charge on any atom is -0.492 e. The normalized spacial score (nSPS) is 13.0. The maximum absolute atomic E-state index is 10.6. The highest BCUT2D eigenvalue weighted by Gasteiger charge is 2.28. The molecule has 3 aromatic rings. The van der Waals surface area contributed by atoms with E-state index in [1.54, 1.807) is 6.92 Å². The van der Waals surface area contributed by atoms with Gasteiger partial charge in [0, 0.05) is 13.1 Å². The highest BCUT2D eigenvalue weighted by atomic mass is 32.1. The molecule has 3 N–H and O–H groups in total. The SMILES string of the molecule is Cc1nc2sc(C(c3ccccc3)N(CCO)CCO)c(O)n2n1. The van der Waals surface area contributed by atoms with E-state index in [-0.39, 0.29) is 25.1 Å². The summed E-state index contributed by atoms with van der Waals surface area (Å²) in [7, 11) is 0. The van der Waals surface area contributed by atoms with Crippen molar-refractivity contribution in [1.29, 1.82) is 0 Å². The van der Waals surface area contributed by atoms with Gasteiger partial charge in [-0.15, -0.1) is 5.10 Å². The number of fused-ring (bicyclic) bond motifs is 1. The topological polar surface area (TPSA) is 94.1 Å². The molecule has 3 rings (SSSR count). The van der Waals surface area contributed by atoms with Crippen LogP contribution >= 0.6 is 11.3 Å². The van der Waals surface area contributed by atoms with Gasteiger partial charge in [-0.2, -0.15) is 4.52 Å². The average molecular weight is 348 g/mol. The lowest BCUT2D eigenvalue weighted by Gasteiger charge is -2.30. The lowest BCUT2D eigenvalue weighted by atomic mass is 10.0. The minimum absolute atomic E-state index is 0.0377. The van der Waals surface area contributed by atoms with Crippen LogP contribution in [0.2, 0.25) is 0 Å². The molecule has 0 aliphatic rings. The molecule has 24 heavy (non-hydrogen) atoms. The number of aromatic hydroxyl groups is 1. The van der Waals surface area contributed by atoms with Gasteiger partial charge in [0.1, 0.15) is 5.82 Å². The van der Waals surface area contributed by atoms with Gasteiger partial charge in [-0.05, 0) is 12.5 Å². The third-order valence-electron chi connectivity index (χ3n) is 3.81. The van der Waals surface area contributed by atoms with E-state index in [2.05, 4.69) is 10.1 Å². The number of aromatic nitrogens is 3. The van der Waals surface area contributed by atoms with Gasteiger partial charge in [0.25, 0.3) is 0 Å². The van der Waals surface area contributed by atoms with Crippen molar-refractivity contribution in [3.05, 3.63) is 46.6 Å². The highest BCUT2D eigenvalue weighted by molar-refractivity contribution is 7.17. The van der Waals surface area contributed by atoms with Gasteiger partial charge in [-0.1, -0.05) is 41.7 Å². The number of thiazole rings is 1. The summed E-state index contributed by atoms with van der Waals surface area (Å²) in [5.74, 6) is 0.646. The molecule has 0 bridgehead atoms. The molecular formula is C16H20N4O3S. The predicted octanol–water partition coefficient (Wildman–Crippen LogP) is 1.18. The Bertz CT molecular complexity index is 796. The Labute approximate surface area is 143 Å². The van der Waals surface area contributed by atoms with Gasteiger partial charge in [0.05, 0.1) is 24.1 Å². The average Bonchev–Trinajstić information content (AvgIpc) is 3.08. The first-order valence-electron chi connectivity index (χ1n) is 7.71. The fraction of sp³-hybridized carbons (Fsp3) is 0.375. The Morgan fingerprint density at radius 2 is 1.83 bits per heavy atom. The molecule has 1 atom stereocenters. The number of aliphatic hydroxyl groups is 2. The Morgan fingerprint density at radius 1 is 1.17 bits per heavy atom. The number of benzene rings is 1. The van der Waals surface area contributed by atoms with Crippen molar-refractivity contribution >= 4 is 16.3 Å². The maximum atomic E-state index is 10.6. The second-order valence-corrected chi connectivity index (χ2v) is 6.45. The highest BCUT2D eigenvalue weighted by Crippen LogP contribution is 2.39. The quantitative estimate of drug-likeness (QED) is 0.594. The molecule has 0 spiro atoms. The number of nitrogens with zero attached hydrogens (tertiary/aromatic N) is 4. The fourth-order valence-corrected chi connectivity index (χ4v) is 3.98. The molecule has 0 aliphatic carbocycles. The number of aryl methyl sites for hydroxylation is 1. The molecule has 2 heterocycles. The standard InChI is InChI=1S/C16H20N4O3S/c1-11-17-16-20(18-11)15(23)14(24-16)13(12-5-3-2-4-6-12)19(7-9-21)8-10-22/h2-6,13,21-23H,7-10H2,1H3. The Balaban J connectivity index is 2.11. The zero-order valence-corrected chi connectivity index (χ0v) is 14.1. The smallest absolute Gasteiger partial charge is 0.230 e. The van der Waals surface area contributed by atoms with Crippen LogP contribution in [-0.4, -0.2) is 61.1 Å². The van der Waals surface area contributed by atoms with Gasteiger partial charge >= 0.3 is 0 Å². The third-order valence-corrected chi connectivity index (χ3v) is 4.88. The maximum Gasteiger partial charge on any atom is 0.230 e. The van der Waals surface area contributed by atoms with E-state index in [0.717, 1.165) is 5.56 Å². The molecule has 0 saturated heterocycles. The third kappa shape index (κ3) is 3.13. The Hall–Kier alpha value is -2.00. The number of hydrogen-bond donors (Lipinski definition) is 3. The van der Waals surface area contributed by atoms with Crippen molar-refractivity contribution in [3.63, 3.8) is 0 Å². The molecule has 2 aromatic heterocycles. The zero-order chi connectivity index (χ0) is 17.1. The van der Waals surface area contributed by atoms with Crippen molar-refractivity contribution in [2.24, 2.45) is 0 Å². The first kappa shape index (κ1) is 16.8. The van der Waals surface area contributed by atoms with Crippen LogP contribution in [0.4, 0.5) is 0 Å². The first-order chi connectivity index (χ1) is 11.7.